The first-order valence-electron chi connectivity index (χ1n) is 12.2. The van der Waals surface area contributed by atoms with Crippen molar-refractivity contribution in [1.29, 1.82) is 0 Å². The molecule has 7 nitrogen and oxygen atoms in total. The van der Waals surface area contributed by atoms with Gasteiger partial charge in [0.1, 0.15) is 18.9 Å². The summed E-state index contributed by atoms with van der Waals surface area (Å²) in [5.41, 5.74) is 2.33. The van der Waals surface area contributed by atoms with Crippen molar-refractivity contribution in [3.63, 3.8) is 0 Å². The van der Waals surface area contributed by atoms with E-state index in [1.54, 1.807) is 16.2 Å². The van der Waals surface area contributed by atoms with Crippen molar-refractivity contribution in [3.05, 3.63) is 51.7 Å². The molecule has 0 bridgehead atoms. The van der Waals surface area contributed by atoms with Gasteiger partial charge in [-0.25, -0.2) is 4.79 Å². The summed E-state index contributed by atoms with van der Waals surface area (Å²) in [6.07, 6.45) is 3.58. The van der Waals surface area contributed by atoms with E-state index in [-0.39, 0.29) is 30.6 Å². The Labute approximate surface area is 206 Å². The van der Waals surface area contributed by atoms with Crippen molar-refractivity contribution < 1.29 is 19.1 Å². The van der Waals surface area contributed by atoms with Crippen molar-refractivity contribution in [2.45, 2.75) is 51.7 Å². The molecule has 3 amide bonds. The predicted octanol–water partition coefficient (Wildman–Crippen LogP) is 4.16. The summed E-state index contributed by atoms with van der Waals surface area (Å²) < 4.78 is 11.9. The molecule has 1 aromatic carbocycles. The van der Waals surface area contributed by atoms with E-state index < -0.39 is 0 Å². The van der Waals surface area contributed by atoms with Crippen LogP contribution in [-0.4, -0.2) is 67.2 Å². The van der Waals surface area contributed by atoms with Gasteiger partial charge in [0.05, 0.1) is 12.1 Å². The first kappa shape index (κ1) is 24.5. The molecule has 1 fully saturated rings. The van der Waals surface area contributed by atoms with Crippen LogP contribution in [0.5, 0.6) is 5.75 Å². The zero-order chi connectivity index (χ0) is 23.9. The van der Waals surface area contributed by atoms with E-state index in [9.17, 15) is 9.59 Å². The van der Waals surface area contributed by atoms with Crippen LogP contribution in [0.3, 0.4) is 0 Å². The fourth-order valence-corrected chi connectivity index (χ4v) is 5.46. The second kappa shape index (κ2) is 11.7. The molecule has 184 valence electrons. The number of aryl methyl sites for hydroxylation is 1. The van der Waals surface area contributed by atoms with Gasteiger partial charge in [-0.1, -0.05) is 24.6 Å². The van der Waals surface area contributed by atoms with E-state index >= 15 is 0 Å². The van der Waals surface area contributed by atoms with Gasteiger partial charge in [-0.3, -0.25) is 4.79 Å². The van der Waals surface area contributed by atoms with Crippen molar-refractivity contribution >= 4 is 23.3 Å². The highest BCUT2D eigenvalue weighted by Gasteiger charge is 2.34. The maximum atomic E-state index is 13.6. The number of ether oxygens (including phenoxy) is 2. The third-order valence-corrected chi connectivity index (χ3v) is 7.43. The fourth-order valence-electron chi connectivity index (χ4n) is 4.54. The summed E-state index contributed by atoms with van der Waals surface area (Å²) in [4.78, 5) is 31.2. The van der Waals surface area contributed by atoms with Crippen LogP contribution in [0.15, 0.2) is 35.7 Å². The van der Waals surface area contributed by atoms with Crippen LogP contribution in [0, 0.1) is 6.92 Å². The number of fused-ring (bicyclic) bond motifs is 1. The van der Waals surface area contributed by atoms with E-state index in [0.29, 0.717) is 32.8 Å². The quantitative estimate of drug-likeness (QED) is 0.579. The lowest BCUT2D eigenvalue weighted by Gasteiger charge is -2.37. The minimum atomic E-state index is -0.202. The monoisotopic (exact) mass is 485 g/mol. The normalized spacial score (nSPS) is 19.5. The number of thiophene rings is 1. The summed E-state index contributed by atoms with van der Waals surface area (Å²) in [7, 11) is 0. The van der Waals surface area contributed by atoms with Gasteiger partial charge in [0.25, 0.3) is 0 Å². The summed E-state index contributed by atoms with van der Waals surface area (Å²) in [6, 6.07) is 9.68. The van der Waals surface area contributed by atoms with Crippen LogP contribution in [0.1, 0.15) is 48.2 Å². The maximum Gasteiger partial charge on any atom is 0.317 e. The average Bonchev–Trinajstić information content (AvgIpc) is 3.53. The molecule has 0 spiro atoms. The molecule has 2 aromatic rings. The summed E-state index contributed by atoms with van der Waals surface area (Å²) >= 11 is 1.73. The molecule has 1 N–H and O–H groups in total. The number of nitrogens with zero attached hydrogens (tertiary/aromatic N) is 2. The largest absolute Gasteiger partial charge is 0.491 e. The lowest BCUT2D eigenvalue weighted by Crippen LogP contribution is -2.51. The Bertz CT molecular complexity index is 955. The predicted molar refractivity (Wildman–Crippen MR) is 133 cm³/mol. The van der Waals surface area contributed by atoms with Crippen molar-refractivity contribution in [2.75, 3.05) is 39.4 Å². The SMILES string of the molecule is CCCNC(=O)N(CC(=O)N1CCc2sccc2C1COc1ccc(C)cc1)CC1CCCO1. The Morgan fingerprint density at radius 2 is 2.09 bits per heavy atom. The summed E-state index contributed by atoms with van der Waals surface area (Å²) in [5, 5.41) is 5.01. The molecule has 1 aromatic heterocycles. The molecular formula is C26H35N3O4S. The Balaban J connectivity index is 1.47. The van der Waals surface area contributed by atoms with Gasteiger partial charge in [-0.2, -0.15) is 0 Å². The zero-order valence-corrected chi connectivity index (χ0v) is 20.9. The van der Waals surface area contributed by atoms with E-state index in [2.05, 4.69) is 16.8 Å². The Morgan fingerprint density at radius 3 is 2.82 bits per heavy atom. The fraction of sp³-hybridized carbons (Fsp3) is 0.538. The first-order chi connectivity index (χ1) is 16.5. The molecule has 2 aliphatic rings. The molecule has 1 saturated heterocycles. The minimum Gasteiger partial charge on any atom is -0.491 e. The lowest BCUT2D eigenvalue weighted by molar-refractivity contribution is -0.135. The third kappa shape index (κ3) is 6.10. The van der Waals surface area contributed by atoms with Gasteiger partial charge >= 0.3 is 6.03 Å². The Hall–Kier alpha value is -2.58. The third-order valence-electron chi connectivity index (χ3n) is 6.43. The topological polar surface area (TPSA) is 71.1 Å². The summed E-state index contributed by atoms with van der Waals surface area (Å²) in [5.74, 6) is 0.735. The second-order valence-corrected chi connectivity index (χ2v) is 10.0. The van der Waals surface area contributed by atoms with Crippen LogP contribution >= 0.6 is 11.3 Å². The highest BCUT2D eigenvalue weighted by atomic mass is 32.1. The van der Waals surface area contributed by atoms with Crippen molar-refractivity contribution in [1.82, 2.24) is 15.1 Å². The second-order valence-electron chi connectivity index (χ2n) is 9.02. The molecular weight excluding hydrogens is 450 g/mol. The van der Waals surface area contributed by atoms with Crippen LogP contribution in [0.25, 0.3) is 0 Å². The molecule has 3 heterocycles. The molecule has 4 rings (SSSR count). The molecule has 8 heteroatoms. The molecule has 0 aliphatic carbocycles. The molecule has 2 unspecified atom stereocenters. The van der Waals surface area contributed by atoms with Gasteiger partial charge in [-0.05, 0) is 61.7 Å². The van der Waals surface area contributed by atoms with Crippen molar-refractivity contribution in [2.24, 2.45) is 0 Å². The molecule has 2 atom stereocenters. The number of benzene rings is 1. The Morgan fingerprint density at radius 1 is 1.26 bits per heavy atom. The van der Waals surface area contributed by atoms with Gasteiger partial charge < -0.3 is 24.6 Å². The highest BCUT2D eigenvalue weighted by Crippen LogP contribution is 2.34. The number of amides is 3. The van der Waals surface area contributed by atoms with E-state index in [1.165, 1.54) is 10.4 Å². The van der Waals surface area contributed by atoms with Crippen molar-refractivity contribution in [3.8, 4) is 5.75 Å². The van der Waals surface area contributed by atoms with Gasteiger partial charge in [0, 0.05) is 31.1 Å². The van der Waals surface area contributed by atoms with Crippen LogP contribution in [-0.2, 0) is 16.0 Å². The van der Waals surface area contributed by atoms with Gasteiger partial charge in [0.15, 0.2) is 0 Å². The van der Waals surface area contributed by atoms with Crippen LogP contribution in [0.2, 0.25) is 0 Å². The number of hydrogen-bond acceptors (Lipinski definition) is 5. The molecule has 0 saturated carbocycles. The van der Waals surface area contributed by atoms with Gasteiger partial charge in [0.2, 0.25) is 5.91 Å². The zero-order valence-electron chi connectivity index (χ0n) is 20.1. The molecule has 0 radical (unpaired) electrons. The van der Waals surface area contributed by atoms with Crippen LogP contribution < -0.4 is 10.1 Å². The van der Waals surface area contributed by atoms with E-state index in [0.717, 1.165) is 37.0 Å². The molecule has 34 heavy (non-hydrogen) atoms. The van der Waals surface area contributed by atoms with Crippen LogP contribution in [0.4, 0.5) is 4.79 Å². The number of rotatable bonds is 9. The maximum absolute atomic E-state index is 13.6. The highest BCUT2D eigenvalue weighted by molar-refractivity contribution is 7.10. The number of carbonyl (C=O) groups excluding carboxylic acids is 2. The first-order valence-corrected chi connectivity index (χ1v) is 13.1. The smallest absolute Gasteiger partial charge is 0.317 e. The average molecular weight is 486 g/mol. The molecule has 2 aliphatic heterocycles. The summed E-state index contributed by atoms with van der Waals surface area (Å²) in [6.45, 7) is 6.84. The van der Waals surface area contributed by atoms with E-state index in [1.807, 2.05) is 43.0 Å². The minimum absolute atomic E-state index is 0.00863. The van der Waals surface area contributed by atoms with Gasteiger partial charge in [-0.15, -0.1) is 11.3 Å². The lowest BCUT2D eigenvalue weighted by atomic mass is 10.0. The Kier molecular flexibility index (Phi) is 8.45. The number of nitrogens with one attached hydrogen (secondary N) is 1. The van der Waals surface area contributed by atoms with E-state index in [4.69, 9.17) is 9.47 Å². The number of carbonyl (C=O) groups is 2. The number of urea groups is 1. The standard InChI is InChI=1S/C26H35N3O4S/c1-3-12-27-26(31)28(16-21-5-4-14-32-21)17-25(30)29-13-10-24-22(11-15-34-24)23(29)18-33-20-8-6-19(2)7-9-20/h6-9,11,15,21,23H,3-5,10,12-14,16-18H2,1-2H3,(H,27,31). The number of hydrogen-bond donors (Lipinski definition) is 1.